The number of rotatable bonds is 14. The zero-order valence-electron chi connectivity index (χ0n) is 22.1. The van der Waals surface area contributed by atoms with Crippen LogP contribution in [0.15, 0.2) is 60.7 Å². The molecule has 2 aromatic carbocycles. The molecule has 1 aliphatic rings. The van der Waals surface area contributed by atoms with E-state index in [2.05, 4.69) is 50.3 Å². The minimum atomic E-state index is -0.291. The van der Waals surface area contributed by atoms with Crippen molar-refractivity contribution in [3.63, 3.8) is 0 Å². The molecule has 0 amide bonds. The third kappa shape index (κ3) is 10.0. The second-order valence-electron chi connectivity index (χ2n) is 10.4. The first kappa shape index (κ1) is 27.2. The topological polar surface area (TPSA) is 26.3 Å². The normalized spacial score (nSPS) is 18.1. The molecule has 2 nitrogen and oxygen atoms in total. The second-order valence-corrected chi connectivity index (χ2v) is 10.4. The third-order valence-electron chi connectivity index (χ3n) is 7.51. The number of aryl methyl sites for hydroxylation is 2. The molecule has 3 rings (SSSR count). The van der Waals surface area contributed by atoms with Crippen LogP contribution in [0.2, 0.25) is 0 Å². The van der Waals surface area contributed by atoms with E-state index in [1.165, 1.54) is 81.8 Å². The fourth-order valence-corrected chi connectivity index (χ4v) is 5.17. The molecule has 190 valence electrons. The van der Waals surface area contributed by atoms with Crippen LogP contribution in [-0.2, 0) is 12.8 Å². The average molecular weight is 475 g/mol. The lowest BCUT2D eigenvalue weighted by Crippen LogP contribution is -2.13. The highest BCUT2D eigenvalue weighted by molar-refractivity contribution is 5.91. The summed E-state index contributed by atoms with van der Waals surface area (Å²) < 4.78 is 5.57. The lowest BCUT2D eigenvalue weighted by atomic mass is 9.79. The van der Waals surface area contributed by atoms with Crippen LogP contribution < -0.4 is 4.74 Å². The van der Waals surface area contributed by atoms with Gasteiger partial charge in [-0.2, -0.15) is 0 Å². The minimum Gasteiger partial charge on any atom is -0.423 e. The Morgan fingerprint density at radius 3 is 2.11 bits per heavy atom. The van der Waals surface area contributed by atoms with Gasteiger partial charge in [0.05, 0.1) is 5.56 Å². The fraction of sp³-hybridized carbons (Fsp3) is 0.545. The smallest absolute Gasteiger partial charge is 0.343 e. The van der Waals surface area contributed by atoms with Gasteiger partial charge in [0.1, 0.15) is 5.75 Å². The summed E-state index contributed by atoms with van der Waals surface area (Å²) in [6, 6.07) is 15.8. The highest BCUT2D eigenvalue weighted by Gasteiger charge is 2.18. The van der Waals surface area contributed by atoms with Gasteiger partial charge in [-0.15, -0.1) is 0 Å². The average Bonchev–Trinajstić information content (AvgIpc) is 2.89. The van der Waals surface area contributed by atoms with E-state index in [9.17, 15) is 4.79 Å². The highest BCUT2D eigenvalue weighted by Crippen LogP contribution is 2.32. The first-order valence-electron chi connectivity index (χ1n) is 14.2. The van der Waals surface area contributed by atoms with Gasteiger partial charge >= 0.3 is 5.97 Å². The Morgan fingerprint density at radius 2 is 1.43 bits per heavy atom. The predicted molar refractivity (Wildman–Crippen MR) is 148 cm³/mol. The number of carbonyl (C=O) groups excluding carboxylic acids is 1. The maximum absolute atomic E-state index is 12.5. The van der Waals surface area contributed by atoms with Crippen molar-refractivity contribution in [2.75, 3.05) is 0 Å². The highest BCUT2D eigenvalue weighted by atomic mass is 16.5. The van der Waals surface area contributed by atoms with Gasteiger partial charge in [-0.1, -0.05) is 88.8 Å². The number of carbonyl (C=O) groups is 1. The number of benzene rings is 2. The maximum Gasteiger partial charge on any atom is 0.343 e. The molecule has 1 saturated carbocycles. The van der Waals surface area contributed by atoms with Crippen LogP contribution in [0.4, 0.5) is 0 Å². The molecule has 0 N–H and O–H groups in total. The van der Waals surface area contributed by atoms with Crippen LogP contribution >= 0.6 is 0 Å². The van der Waals surface area contributed by atoms with E-state index in [1.54, 1.807) is 0 Å². The van der Waals surface area contributed by atoms with Crippen LogP contribution in [0.5, 0.6) is 5.75 Å². The third-order valence-corrected chi connectivity index (χ3v) is 7.51. The molecule has 0 aromatic heterocycles. The van der Waals surface area contributed by atoms with Crippen LogP contribution in [0.1, 0.15) is 112 Å². The maximum atomic E-state index is 12.5. The van der Waals surface area contributed by atoms with E-state index in [-0.39, 0.29) is 5.97 Å². The molecular weight excluding hydrogens is 428 g/mol. The van der Waals surface area contributed by atoms with E-state index in [0.29, 0.717) is 11.3 Å². The minimum absolute atomic E-state index is 0.291. The van der Waals surface area contributed by atoms with Crippen LogP contribution in [0.3, 0.4) is 0 Å². The van der Waals surface area contributed by atoms with Crippen molar-refractivity contribution < 1.29 is 9.53 Å². The van der Waals surface area contributed by atoms with Gasteiger partial charge in [0.15, 0.2) is 0 Å². The van der Waals surface area contributed by atoms with Gasteiger partial charge in [-0.25, -0.2) is 4.79 Å². The van der Waals surface area contributed by atoms with Gasteiger partial charge in [-0.05, 0) is 98.6 Å². The summed E-state index contributed by atoms with van der Waals surface area (Å²) in [7, 11) is 0. The summed E-state index contributed by atoms with van der Waals surface area (Å²) in [6.45, 7) is 4.51. The van der Waals surface area contributed by atoms with Crippen LogP contribution in [-0.4, -0.2) is 5.97 Å². The number of ether oxygens (including phenoxy) is 1. The van der Waals surface area contributed by atoms with Crippen LogP contribution in [0.25, 0.3) is 0 Å². The monoisotopic (exact) mass is 474 g/mol. The van der Waals surface area contributed by atoms with Gasteiger partial charge in [0, 0.05) is 0 Å². The van der Waals surface area contributed by atoms with Crippen molar-refractivity contribution in [1.82, 2.24) is 0 Å². The molecule has 0 aliphatic heterocycles. The van der Waals surface area contributed by atoms with Gasteiger partial charge in [0.25, 0.3) is 0 Å². The lowest BCUT2D eigenvalue weighted by molar-refractivity contribution is 0.0734. The summed E-state index contributed by atoms with van der Waals surface area (Å²) in [4.78, 5) is 12.5. The van der Waals surface area contributed by atoms with Gasteiger partial charge in [0.2, 0.25) is 0 Å². The molecule has 1 aliphatic carbocycles. The van der Waals surface area contributed by atoms with E-state index < -0.39 is 0 Å². The second kappa shape index (κ2) is 15.6. The molecule has 0 spiro atoms. The summed E-state index contributed by atoms with van der Waals surface area (Å²) in [5.41, 5.74) is 3.17. The zero-order chi connectivity index (χ0) is 24.7. The number of hydrogen-bond donors (Lipinski definition) is 0. The van der Waals surface area contributed by atoms with E-state index in [4.69, 9.17) is 4.74 Å². The van der Waals surface area contributed by atoms with Crippen molar-refractivity contribution in [2.45, 2.75) is 104 Å². The van der Waals surface area contributed by atoms with Crippen molar-refractivity contribution in [1.29, 1.82) is 0 Å². The standard InChI is InChI=1S/C33H46O2/c1-3-5-7-11-27-15-17-28(18-16-27)13-9-10-14-29-19-23-31(24-20-29)33(34)35-32-25-21-30(22-26-32)12-8-6-4-2/h9,13,19-28H,3-8,10-12,14-18H2,1-2H3/b13-9+. The molecule has 2 aromatic rings. The first-order chi connectivity index (χ1) is 17.2. The number of unbranched alkanes of at least 4 members (excludes halogenated alkanes) is 4. The molecule has 35 heavy (non-hydrogen) atoms. The molecule has 0 unspecified atom stereocenters. The Morgan fingerprint density at radius 1 is 0.800 bits per heavy atom. The van der Waals surface area contributed by atoms with E-state index in [0.717, 1.165) is 31.1 Å². The molecule has 0 atom stereocenters. The van der Waals surface area contributed by atoms with Gasteiger partial charge in [-0.3, -0.25) is 0 Å². The number of esters is 1. The van der Waals surface area contributed by atoms with Crippen molar-refractivity contribution in [3.05, 3.63) is 77.4 Å². The number of allylic oxidation sites excluding steroid dienone is 2. The summed E-state index contributed by atoms with van der Waals surface area (Å²) in [5, 5.41) is 0. The molecule has 1 fully saturated rings. The molecular formula is C33H46O2. The molecule has 0 saturated heterocycles. The molecule has 2 heteroatoms. The summed E-state index contributed by atoms with van der Waals surface area (Å²) in [5.74, 6) is 2.07. The Bertz CT molecular complexity index is 870. The Labute approximate surface area is 214 Å². The zero-order valence-corrected chi connectivity index (χ0v) is 22.1. The number of hydrogen-bond acceptors (Lipinski definition) is 2. The summed E-state index contributed by atoms with van der Waals surface area (Å²) in [6.07, 6.45) is 22.8. The fourth-order valence-electron chi connectivity index (χ4n) is 5.17. The van der Waals surface area contributed by atoms with Crippen molar-refractivity contribution >= 4 is 5.97 Å². The SMILES string of the molecule is CCCCCc1ccc(OC(=O)c2ccc(CC/C=C/C3CCC(CCCCC)CC3)cc2)cc1. The summed E-state index contributed by atoms with van der Waals surface area (Å²) >= 11 is 0. The first-order valence-corrected chi connectivity index (χ1v) is 14.2. The van der Waals surface area contributed by atoms with Crippen LogP contribution in [0, 0.1) is 11.8 Å². The lowest BCUT2D eigenvalue weighted by Gasteiger charge is -2.26. The van der Waals surface area contributed by atoms with E-state index in [1.807, 2.05) is 24.3 Å². The quantitative estimate of drug-likeness (QED) is 0.118. The largest absolute Gasteiger partial charge is 0.423 e. The van der Waals surface area contributed by atoms with Crippen molar-refractivity contribution in [3.8, 4) is 5.75 Å². The van der Waals surface area contributed by atoms with Gasteiger partial charge < -0.3 is 4.74 Å². The van der Waals surface area contributed by atoms with Crippen molar-refractivity contribution in [2.24, 2.45) is 11.8 Å². The Balaban J connectivity index is 1.35. The Kier molecular flexibility index (Phi) is 12.1. The molecule has 0 radical (unpaired) electrons. The molecule has 0 heterocycles. The Hall–Kier alpha value is -2.35. The van der Waals surface area contributed by atoms with E-state index >= 15 is 0 Å². The molecule has 0 bridgehead atoms. The predicted octanol–water partition coefficient (Wildman–Crippen LogP) is 9.51.